The number of nitrogens with zero attached hydrogens (tertiary/aromatic N) is 2. The zero-order valence-electron chi connectivity index (χ0n) is 14.4. The van der Waals surface area contributed by atoms with Crippen LogP contribution in [0.5, 0.6) is 5.75 Å². The van der Waals surface area contributed by atoms with E-state index in [1.165, 1.54) is 0 Å². The number of hydrogen-bond donors (Lipinski definition) is 1. The number of halogens is 1. The van der Waals surface area contributed by atoms with Gasteiger partial charge in [0.15, 0.2) is 6.10 Å². The van der Waals surface area contributed by atoms with E-state index < -0.39 is 6.10 Å². The fourth-order valence-corrected chi connectivity index (χ4v) is 2.47. The Morgan fingerprint density at radius 2 is 2.08 bits per heavy atom. The van der Waals surface area contributed by atoms with Crippen molar-refractivity contribution < 1.29 is 14.1 Å². The summed E-state index contributed by atoms with van der Waals surface area (Å²) in [5, 5.41) is 7.32. The van der Waals surface area contributed by atoms with Gasteiger partial charge in [-0.25, -0.2) is 0 Å². The molecule has 0 spiro atoms. The summed E-state index contributed by atoms with van der Waals surface area (Å²) in [7, 11) is 0. The van der Waals surface area contributed by atoms with E-state index in [1.54, 1.807) is 43.3 Å². The smallest absolute Gasteiger partial charge is 0.265 e. The molecule has 0 radical (unpaired) electrons. The van der Waals surface area contributed by atoms with Gasteiger partial charge >= 0.3 is 0 Å². The summed E-state index contributed by atoms with van der Waals surface area (Å²) in [6, 6.07) is 14.2. The van der Waals surface area contributed by atoms with Gasteiger partial charge in [-0.1, -0.05) is 41.9 Å². The Morgan fingerprint density at radius 3 is 2.81 bits per heavy atom. The van der Waals surface area contributed by atoms with E-state index in [4.69, 9.17) is 20.9 Å². The summed E-state index contributed by atoms with van der Waals surface area (Å²) in [5.74, 6) is 1.32. The predicted octanol–water partition coefficient (Wildman–Crippen LogP) is 4.36. The molecular weight excluding hydrogens is 354 g/mol. The van der Waals surface area contributed by atoms with Gasteiger partial charge in [0.05, 0.1) is 0 Å². The van der Waals surface area contributed by atoms with E-state index in [2.05, 4.69) is 15.5 Å². The van der Waals surface area contributed by atoms with Crippen LogP contribution in [0.2, 0.25) is 5.02 Å². The number of ether oxygens (including phenoxy) is 1. The Morgan fingerprint density at radius 1 is 1.27 bits per heavy atom. The maximum atomic E-state index is 12.4. The number of anilines is 1. The third-order valence-electron chi connectivity index (χ3n) is 3.64. The molecule has 1 atom stereocenters. The van der Waals surface area contributed by atoms with Crippen molar-refractivity contribution in [2.75, 3.05) is 5.32 Å². The van der Waals surface area contributed by atoms with E-state index in [0.717, 1.165) is 5.56 Å². The zero-order valence-corrected chi connectivity index (χ0v) is 15.2. The summed E-state index contributed by atoms with van der Waals surface area (Å²) in [4.78, 5) is 16.7. The van der Waals surface area contributed by atoms with Gasteiger partial charge in [0.2, 0.25) is 11.7 Å². The predicted molar refractivity (Wildman–Crippen MR) is 99.3 cm³/mol. The highest BCUT2D eigenvalue weighted by molar-refractivity contribution is 6.30. The molecule has 1 heterocycles. The van der Waals surface area contributed by atoms with Crippen LogP contribution in [0.15, 0.2) is 53.1 Å². The van der Waals surface area contributed by atoms with Crippen LogP contribution in [0.3, 0.4) is 0 Å². The van der Waals surface area contributed by atoms with E-state index in [1.807, 2.05) is 19.1 Å². The van der Waals surface area contributed by atoms with Gasteiger partial charge in [0.25, 0.3) is 5.91 Å². The number of nitrogens with one attached hydrogen (secondary N) is 1. The average molecular weight is 372 g/mol. The highest BCUT2D eigenvalue weighted by Gasteiger charge is 2.16. The van der Waals surface area contributed by atoms with Gasteiger partial charge < -0.3 is 14.6 Å². The Kier molecular flexibility index (Phi) is 5.53. The molecule has 1 N–H and O–H groups in total. The molecule has 3 aromatic rings. The van der Waals surface area contributed by atoms with Crippen molar-refractivity contribution in [2.45, 2.75) is 26.4 Å². The van der Waals surface area contributed by atoms with Crippen LogP contribution in [0, 0.1) is 0 Å². The molecule has 7 heteroatoms. The molecule has 0 unspecified atom stereocenters. The van der Waals surface area contributed by atoms with Crippen molar-refractivity contribution in [3.05, 3.63) is 59.4 Å². The molecule has 0 bridgehead atoms. The van der Waals surface area contributed by atoms with Crippen LogP contribution in [-0.2, 0) is 11.2 Å². The third-order valence-corrected chi connectivity index (χ3v) is 3.87. The summed E-state index contributed by atoms with van der Waals surface area (Å²) in [5.41, 5.74) is 1.38. The van der Waals surface area contributed by atoms with Crippen molar-refractivity contribution in [1.82, 2.24) is 10.1 Å². The van der Waals surface area contributed by atoms with E-state index >= 15 is 0 Å². The molecule has 1 aromatic heterocycles. The Hall–Kier alpha value is -2.86. The lowest BCUT2D eigenvalue weighted by molar-refractivity contribution is -0.122. The monoisotopic (exact) mass is 371 g/mol. The minimum absolute atomic E-state index is 0.274. The molecule has 1 amide bonds. The number of carbonyl (C=O) groups is 1. The number of amides is 1. The second-order valence-electron chi connectivity index (χ2n) is 5.65. The van der Waals surface area contributed by atoms with Crippen LogP contribution in [0.1, 0.15) is 19.7 Å². The zero-order chi connectivity index (χ0) is 18.5. The number of aryl methyl sites for hydroxylation is 1. The number of hydrogen-bond acceptors (Lipinski definition) is 5. The highest BCUT2D eigenvalue weighted by atomic mass is 35.5. The maximum Gasteiger partial charge on any atom is 0.265 e. The fraction of sp³-hybridized carbons (Fsp3) is 0.211. The van der Waals surface area contributed by atoms with Crippen molar-refractivity contribution in [3.8, 4) is 17.1 Å². The largest absolute Gasteiger partial charge is 0.481 e. The van der Waals surface area contributed by atoms with Crippen LogP contribution in [0.25, 0.3) is 11.4 Å². The van der Waals surface area contributed by atoms with Gasteiger partial charge in [0, 0.05) is 22.7 Å². The summed E-state index contributed by atoms with van der Waals surface area (Å²) >= 11 is 5.93. The molecular formula is C19H18ClN3O3. The second-order valence-corrected chi connectivity index (χ2v) is 6.09. The van der Waals surface area contributed by atoms with Crippen LogP contribution in [-0.4, -0.2) is 22.2 Å². The first-order valence-corrected chi connectivity index (χ1v) is 8.59. The topological polar surface area (TPSA) is 77.2 Å². The minimum Gasteiger partial charge on any atom is -0.481 e. The van der Waals surface area contributed by atoms with Gasteiger partial charge in [-0.15, -0.1) is 0 Å². The lowest BCUT2D eigenvalue weighted by Gasteiger charge is -2.15. The Labute approximate surface area is 156 Å². The van der Waals surface area contributed by atoms with E-state index in [-0.39, 0.29) is 5.91 Å². The molecule has 26 heavy (non-hydrogen) atoms. The molecule has 0 saturated carbocycles. The Balaban J connectivity index is 1.68. The normalized spacial score (nSPS) is 11.8. The fourth-order valence-electron chi connectivity index (χ4n) is 2.29. The van der Waals surface area contributed by atoms with E-state index in [0.29, 0.717) is 34.6 Å². The van der Waals surface area contributed by atoms with Crippen molar-refractivity contribution in [3.63, 3.8) is 0 Å². The van der Waals surface area contributed by atoms with Gasteiger partial charge in [-0.2, -0.15) is 4.98 Å². The third kappa shape index (κ3) is 4.40. The first-order valence-electron chi connectivity index (χ1n) is 8.21. The molecule has 6 nitrogen and oxygen atoms in total. The number of rotatable bonds is 6. The molecule has 0 aliphatic heterocycles. The summed E-state index contributed by atoms with van der Waals surface area (Å²) < 4.78 is 10.7. The minimum atomic E-state index is -0.686. The second kappa shape index (κ2) is 8.01. The van der Waals surface area contributed by atoms with Crippen molar-refractivity contribution in [2.24, 2.45) is 0 Å². The molecule has 2 aromatic carbocycles. The van der Waals surface area contributed by atoms with Gasteiger partial charge in [-0.05, 0) is 37.3 Å². The number of benzene rings is 2. The standard InChI is InChI=1S/C19H18ClN3O3/c1-3-17-22-18(23-26-17)13-6-4-8-15(10-13)21-19(24)12(2)25-16-9-5-7-14(20)11-16/h4-12H,3H2,1-2H3,(H,21,24)/t12-/m0/s1. The quantitative estimate of drug-likeness (QED) is 0.696. The lowest BCUT2D eigenvalue weighted by Crippen LogP contribution is -2.30. The first-order chi connectivity index (χ1) is 12.5. The molecule has 134 valence electrons. The van der Waals surface area contributed by atoms with Crippen molar-refractivity contribution >= 4 is 23.2 Å². The molecule has 0 aliphatic carbocycles. The van der Waals surface area contributed by atoms with Crippen LogP contribution >= 0.6 is 11.6 Å². The van der Waals surface area contributed by atoms with Crippen LogP contribution in [0.4, 0.5) is 5.69 Å². The maximum absolute atomic E-state index is 12.4. The SMILES string of the molecule is CCc1nc(-c2cccc(NC(=O)[C@H](C)Oc3cccc(Cl)c3)c2)no1. The Bertz CT molecular complexity index is 910. The lowest BCUT2D eigenvalue weighted by atomic mass is 10.2. The summed E-state index contributed by atoms with van der Waals surface area (Å²) in [6.07, 6.45) is -0.0177. The average Bonchev–Trinajstić information content (AvgIpc) is 3.11. The summed E-state index contributed by atoms with van der Waals surface area (Å²) in [6.45, 7) is 3.61. The molecule has 3 rings (SSSR count). The molecule has 0 aliphatic rings. The molecule has 0 saturated heterocycles. The van der Waals surface area contributed by atoms with Crippen LogP contribution < -0.4 is 10.1 Å². The number of aromatic nitrogens is 2. The first kappa shape index (κ1) is 17.9. The highest BCUT2D eigenvalue weighted by Crippen LogP contribution is 2.21. The van der Waals surface area contributed by atoms with E-state index in [9.17, 15) is 4.79 Å². The van der Waals surface area contributed by atoms with Gasteiger partial charge in [0.1, 0.15) is 5.75 Å². The molecule has 0 fully saturated rings. The van der Waals surface area contributed by atoms with Gasteiger partial charge in [-0.3, -0.25) is 4.79 Å². The van der Waals surface area contributed by atoms with Crippen molar-refractivity contribution in [1.29, 1.82) is 0 Å². The number of carbonyl (C=O) groups excluding carboxylic acids is 1.